The minimum atomic E-state index is -1.08. The third-order valence-corrected chi connectivity index (χ3v) is 2.73. The quantitative estimate of drug-likeness (QED) is 0.671. The van der Waals surface area contributed by atoms with Gasteiger partial charge in [-0.15, -0.1) is 0 Å². The molecule has 16 heavy (non-hydrogen) atoms. The Morgan fingerprint density at radius 2 is 2.00 bits per heavy atom. The first-order valence-electron chi connectivity index (χ1n) is 4.20. The fourth-order valence-electron chi connectivity index (χ4n) is 1.16. The molecule has 1 N–H and O–H groups in total. The molecule has 0 heterocycles. The van der Waals surface area contributed by atoms with Crippen LogP contribution in [0.1, 0.15) is 18.4 Å². The second kappa shape index (κ2) is 4.67. The van der Waals surface area contributed by atoms with Crippen molar-refractivity contribution in [3.63, 3.8) is 0 Å². The van der Waals surface area contributed by atoms with Crippen molar-refractivity contribution in [2.75, 3.05) is 0 Å². The molecule has 0 saturated heterocycles. The Kier molecular flexibility index (Phi) is 3.72. The zero-order valence-corrected chi connectivity index (χ0v) is 9.62. The van der Waals surface area contributed by atoms with Gasteiger partial charge in [0.1, 0.15) is 5.02 Å². The Balaban J connectivity index is 3.31. The number of hydrogen-bond donors (Lipinski definition) is 1. The second-order valence-corrected chi connectivity index (χ2v) is 3.96. The molecule has 5 nitrogen and oxygen atoms in total. The van der Waals surface area contributed by atoms with E-state index in [9.17, 15) is 14.9 Å². The number of nitrogens with zero attached hydrogens (tertiary/aromatic N) is 1. The summed E-state index contributed by atoms with van der Waals surface area (Å²) in [6, 6.07) is 2.26. The van der Waals surface area contributed by atoms with Crippen LogP contribution in [0.4, 0.5) is 5.69 Å². The summed E-state index contributed by atoms with van der Waals surface area (Å²) in [5.41, 5.74) is -0.0854. The Hall–Kier alpha value is -1.33. The number of benzene rings is 1. The van der Waals surface area contributed by atoms with E-state index in [0.29, 0.717) is 0 Å². The average molecular weight is 264 g/mol. The third-order valence-electron chi connectivity index (χ3n) is 2.10. The van der Waals surface area contributed by atoms with Crippen LogP contribution in [0.25, 0.3) is 0 Å². The summed E-state index contributed by atoms with van der Waals surface area (Å²) < 4.78 is 0. The number of carbonyl (C=O) groups is 1. The first-order valence-corrected chi connectivity index (χ1v) is 4.96. The predicted octanol–water partition coefficient (Wildman–Crippen LogP) is 3.09. The molecule has 0 saturated carbocycles. The molecule has 0 aromatic heterocycles. The second-order valence-electron chi connectivity index (χ2n) is 3.14. The fourth-order valence-corrected chi connectivity index (χ4v) is 1.72. The van der Waals surface area contributed by atoms with Crippen molar-refractivity contribution in [3.8, 4) is 0 Å². The molecule has 0 aliphatic rings. The van der Waals surface area contributed by atoms with Gasteiger partial charge >= 0.3 is 5.97 Å². The Labute approximate surface area is 101 Å². The lowest BCUT2D eigenvalue weighted by Crippen LogP contribution is -2.08. The maximum Gasteiger partial charge on any atom is 0.310 e. The Bertz CT molecular complexity index is 461. The molecule has 1 aromatic carbocycles. The van der Waals surface area contributed by atoms with Crippen molar-refractivity contribution in [2.24, 2.45) is 0 Å². The van der Waals surface area contributed by atoms with Crippen molar-refractivity contribution < 1.29 is 14.8 Å². The van der Waals surface area contributed by atoms with E-state index in [1.54, 1.807) is 0 Å². The van der Waals surface area contributed by atoms with E-state index in [-0.39, 0.29) is 21.3 Å². The van der Waals surface area contributed by atoms with Crippen LogP contribution < -0.4 is 0 Å². The lowest BCUT2D eigenvalue weighted by molar-refractivity contribution is -0.384. The van der Waals surface area contributed by atoms with Gasteiger partial charge in [0.05, 0.1) is 15.9 Å². The van der Waals surface area contributed by atoms with E-state index >= 15 is 0 Å². The summed E-state index contributed by atoms with van der Waals surface area (Å²) in [6.45, 7) is 1.42. The zero-order valence-electron chi connectivity index (χ0n) is 8.11. The van der Waals surface area contributed by atoms with Gasteiger partial charge in [0, 0.05) is 6.07 Å². The van der Waals surface area contributed by atoms with Crippen LogP contribution in [0.5, 0.6) is 0 Å². The number of aliphatic carboxylic acids is 1. The molecule has 0 radical (unpaired) electrons. The van der Waals surface area contributed by atoms with E-state index in [1.165, 1.54) is 13.0 Å². The summed E-state index contributed by atoms with van der Waals surface area (Å²) in [5.74, 6) is -1.95. The summed E-state index contributed by atoms with van der Waals surface area (Å²) in [5, 5.41) is 19.2. The summed E-state index contributed by atoms with van der Waals surface area (Å²) >= 11 is 11.4. The maximum atomic E-state index is 10.7. The van der Waals surface area contributed by atoms with Crippen molar-refractivity contribution in [1.82, 2.24) is 0 Å². The molecule has 1 atom stereocenters. The average Bonchev–Trinajstić information content (AvgIpc) is 2.19. The molecule has 0 aliphatic heterocycles. The molecule has 86 valence electrons. The highest BCUT2D eigenvalue weighted by Crippen LogP contribution is 2.34. The number of carboxylic acid groups (broad SMARTS) is 1. The smallest absolute Gasteiger partial charge is 0.310 e. The molecule has 0 fully saturated rings. The number of halogens is 2. The summed E-state index contributed by atoms with van der Waals surface area (Å²) in [7, 11) is 0. The minimum absolute atomic E-state index is 0.0194. The van der Waals surface area contributed by atoms with Crippen LogP contribution in [0.2, 0.25) is 10.0 Å². The first-order chi connectivity index (χ1) is 7.34. The predicted molar refractivity (Wildman–Crippen MR) is 59.2 cm³/mol. The molecular formula is C9H7Cl2NO4. The van der Waals surface area contributed by atoms with Crippen LogP contribution in [-0.4, -0.2) is 16.0 Å². The topological polar surface area (TPSA) is 80.4 Å². The molecule has 1 aromatic rings. The molecule has 7 heteroatoms. The van der Waals surface area contributed by atoms with Crippen molar-refractivity contribution >= 4 is 34.9 Å². The molecule has 0 bridgehead atoms. The van der Waals surface area contributed by atoms with Crippen molar-refractivity contribution in [1.29, 1.82) is 0 Å². The fraction of sp³-hybridized carbons (Fsp3) is 0.222. The van der Waals surface area contributed by atoms with Gasteiger partial charge in [-0.25, -0.2) is 0 Å². The Morgan fingerprint density at radius 3 is 2.44 bits per heavy atom. The molecule has 1 unspecified atom stereocenters. The van der Waals surface area contributed by atoms with Gasteiger partial charge in [-0.2, -0.15) is 0 Å². The lowest BCUT2D eigenvalue weighted by atomic mass is 10.0. The SMILES string of the molecule is CC(C(=O)O)c1cc(Cl)c([N+](=O)[O-])cc1Cl. The van der Waals surface area contributed by atoms with Gasteiger partial charge in [0.15, 0.2) is 0 Å². The van der Waals surface area contributed by atoms with Crippen LogP contribution >= 0.6 is 23.2 Å². The van der Waals surface area contributed by atoms with Crippen molar-refractivity contribution in [3.05, 3.63) is 37.9 Å². The van der Waals surface area contributed by atoms with E-state index in [0.717, 1.165) is 6.07 Å². The van der Waals surface area contributed by atoms with Gasteiger partial charge in [-0.05, 0) is 18.6 Å². The number of nitro groups is 1. The van der Waals surface area contributed by atoms with E-state index in [2.05, 4.69) is 0 Å². The first kappa shape index (κ1) is 12.7. The molecule has 0 amide bonds. The van der Waals surface area contributed by atoms with E-state index in [4.69, 9.17) is 28.3 Å². The Morgan fingerprint density at radius 1 is 1.44 bits per heavy atom. The molecule has 0 aliphatic carbocycles. The third kappa shape index (κ3) is 2.43. The van der Waals surface area contributed by atoms with E-state index in [1.807, 2.05) is 0 Å². The monoisotopic (exact) mass is 263 g/mol. The van der Waals surface area contributed by atoms with Gasteiger partial charge in [0.2, 0.25) is 0 Å². The number of hydrogen-bond acceptors (Lipinski definition) is 3. The highest BCUT2D eigenvalue weighted by Gasteiger charge is 2.22. The van der Waals surface area contributed by atoms with Gasteiger partial charge in [-0.1, -0.05) is 23.2 Å². The van der Waals surface area contributed by atoms with Gasteiger partial charge in [0.25, 0.3) is 5.69 Å². The summed E-state index contributed by atoms with van der Waals surface area (Å²) in [4.78, 5) is 20.6. The van der Waals surface area contributed by atoms with Crippen LogP contribution in [0, 0.1) is 10.1 Å². The normalized spacial score (nSPS) is 12.2. The highest BCUT2D eigenvalue weighted by atomic mass is 35.5. The van der Waals surface area contributed by atoms with E-state index < -0.39 is 16.8 Å². The maximum absolute atomic E-state index is 10.7. The highest BCUT2D eigenvalue weighted by molar-refractivity contribution is 6.35. The standard InChI is InChI=1S/C9H7Cl2NO4/c1-4(9(13)14)5-2-7(11)8(12(15)16)3-6(5)10/h2-4H,1H3,(H,13,14). The zero-order chi connectivity index (χ0) is 12.5. The lowest BCUT2D eigenvalue weighted by Gasteiger charge is -2.09. The van der Waals surface area contributed by atoms with Crippen LogP contribution in [0.3, 0.4) is 0 Å². The summed E-state index contributed by atoms with van der Waals surface area (Å²) in [6.07, 6.45) is 0. The van der Waals surface area contributed by atoms with Gasteiger partial charge in [-0.3, -0.25) is 14.9 Å². The molecular weight excluding hydrogens is 257 g/mol. The molecule has 1 rings (SSSR count). The number of carboxylic acids is 1. The largest absolute Gasteiger partial charge is 0.481 e. The molecule has 0 spiro atoms. The number of rotatable bonds is 3. The minimum Gasteiger partial charge on any atom is -0.481 e. The van der Waals surface area contributed by atoms with Gasteiger partial charge < -0.3 is 5.11 Å². The number of nitro benzene ring substituents is 1. The van der Waals surface area contributed by atoms with Crippen LogP contribution in [0.15, 0.2) is 12.1 Å². The van der Waals surface area contributed by atoms with Crippen LogP contribution in [-0.2, 0) is 4.79 Å². The van der Waals surface area contributed by atoms with Crippen molar-refractivity contribution in [2.45, 2.75) is 12.8 Å².